The van der Waals surface area contributed by atoms with Crippen LogP contribution >= 0.6 is 0 Å². The molecule has 7 heteroatoms. The topological polar surface area (TPSA) is 71.0 Å². The van der Waals surface area contributed by atoms with Crippen molar-refractivity contribution in [2.24, 2.45) is 5.92 Å². The first kappa shape index (κ1) is 21.0. The van der Waals surface area contributed by atoms with Crippen molar-refractivity contribution in [1.29, 1.82) is 0 Å². The van der Waals surface area contributed by atoms with Gasteiger partial charge in [-0.3, -0.25) is 4.79 Å². The molecule has 6 nitrogen and oxygen atoms in total. The van der Waals surface area contributed by atoms with E-state index in [0.717, 1.165) is 24.8 Å². The number of aromatic amines is 1. The molecule has 0 spiro atoms. The van der Waals surface area contributed by atoms with Crippen molar-refractivity contribution in [3.63, 3.8) is 0 Å². The van der Waals surface area contributed by atoms with Crippen LogP contribution < -0.4 is 5.69 Å². The lowest BCUT2D eigenvalue weighted by atomic mass is 9.90. The monoisotopic (exact) mass is 422 g/mol. The largest absolute Gasteiger partial charge is 0.348 e. The lowest BCUT2D eigenvalue weighted by Crippen LogP contribution is -2.41. The molecular weight excluding hydrogens is 395 g/mol. The van der Waals surface area contributed by atoms with Crippen LogP contribution in [0.2, 0.25) is 0 Å². The van der Waals surface area contributed by atoms with Crippen LogP contribution in [0.5, 0.6) is 0 Å². The highest BCUT2D eigenvalue weighted by Crippen LogP contribution is 2.27. The van der Waals surface area contributed by atoms with E-state index < -0.39 is 11.5 Å². The van der Waals surface area contributed by atoms with Crippen LogP contribution in [0.25, 0.3) is 5.69 Å². The Hall–Kier alpha value is -3.22. The molecule has 3 aromatic rings. The van der Waals surface area contributed by atoms with Crippen molar-refractivity contribution < 1.29 is 9.18 Å². The molecule has 2 aromatic carbocycles. The number of benzene rings is 2. The zero-order valence-corrected chi connectivity index (χ0v) is 17.6. The molecule has 1 saturated heterocycles. The fourth-order valence-corrected chi connectivity index (χ4v) is 4.42. The minimum absolute atomic E-state index is 0.115. The number of aromatic nitrogens is 3. The number of amides is 1. The molecule has 2 heterocycles. The van der Waals surface area contributed by atoms with Gasteiger partial charge in [0.05, 0.1) is 11.6 Å². The summed E-state index contributed by atoms with van der Waals surface area (Å²) in [6, 6.07) is 16.1. The number of likely N-dealkylation sites (tertiary alicyclic amines) is 1. The summed E-state index contributed by atoms with van der Waals surface area (Å²) < 4.78 is 15.6. The van der Waals surface area contributed by atoms with E-state index in [0.29, 0.717) is 25.3 Å². The molecule has 0 bridgehead atoms. The van der Waals surface area contributed by atoms with Crippen molar-refractivity contribution in [2.45, 2.75) is 38.5 Å². The van der Waals surface area contributed by atoms with Crippen molar-refractivity contribution >= 4 is 5.91 Å². The van der Waals surface area contributed by atoms with E-state index in [1.54, 1.807) is 18.2 Å². The van der Waals surface area contributed by atoms with E-state index in [-0.39, 0.29) is 23.4 Å². The maximum atomic E-state index is 14.2. The standard InChI is InChI=1S/C24H27FN4O2/c1-2-19(18-8-4-3-5-9-18)23(30)28-14-12-17(13-15-28)16-22-26-27-24(31)29(22)21-11-7-6-10-20(21)25/h3-11,17,19H,2,12-16H2,1H3,(H,27,31). The van der Waals surface area contributed by atoms with Crippen LogP contribution in [0.1, 0.15) is 43.5 Å². The first-order chi connectivity index (χ1) is 15.1. The Labute approximate surface area is 180 Å². The second-order valence-electron chi connectivity index (χ2n) is 8.08. The van der Waals surface area contributed by atoms with Gasteiger partial charge in [0, 0.05) is 19.5 Å². The second kappa shape index (κ2) is 9.29. The zero-order valence-electron chi connectivity index (χ0n) is 17.6. The summed E-state index contributed by atoms with van der Waals surface area (Å²) in [6.45, 7) is 3.41. The molecule has 1 unspecified atom stereocenters. The summed E-state index contributed by atoms with van der Waals surface area (Å²) in [4.78, 5) is 27.3. The molecule has 31 heavy (non-hydrogen) atoms. The summed E-state index contributed by atoms with van der Waals surface area (Å²) in [5.41, 5.74) is 0.821. The molecule has 0 saturated carbocycles. The number of carbonyl (C=O) groups excluding carboxylic acids is 1. The van der Waals surface area contributed by atoms with Crippen LogP contribution in [0, 0.1) is 11.7 Å². The van der Waals surface area contributed by atoms with Crippen molar-refractivity contribution in [3.05, 3.63) is 82.3 Å². The number of piperidine rings is 1. The minimum Gasteiger partial charge on any atom is -0.342 e. The number of hydrogen-bond donors (Lipinski definition) is 1. The van der Waals surface area contributed by atoms with Gasteiger partial charge < -0.3 is 4.90 Å². The second-order valence-corrected chi connectivity index (χ2v) is 8.08. The number of carbonyl (C=O) groups is 1. The Kier molecular flexibility index (Phi) is 6.30. The molecule has 1 aliphatic heterocycles. The van der Waals surface area contributed by atoms with E-state index in [2.05, 4.69) is 10.2 Å². The molecule has 1 fully saturated rings. The van der Waals surface area contributed by atoms with Gasteiger partial charge in [0.15, 0.2) is 0 Å². The molecule has 0 aliphatic carbocycles. The molecule has 4 rings (SSSR count). The normalized spacial score (nSPS) is 15.7. The maximum absolute atomic E-state index is 14.2. The van der Waals surface area contributed by atoms with Gasteiger partial charge >= 0.3 is 5.69 Å². The van der Waals surface area contributed by atoms with Gasteiger partial charge in [-0.25, -0.2) is 18.9 Å². The van der Waals surface area contributed by atoms with E-state index in [9.17, 15) is 14.0 Å². The third-order valence-corrected chi connectivity index (χ3v) is 6.14. The Balaban J connectivity index is 1.42. The number of nitrogens with zero attached hydrogens (tertiary/aromatic N) is 3. The maximum Gasteiger partial charge on any atom is 0.348 e. The molecule has 1 aromatic heterocycles. The fraction of sp³-hybridized carbons (Fsp3) is 0.375. The smallest absolute Gasteiger partial charge is 0.342 e. The van der Waals surface area contributed by atoms with Gasteiger partial charge in [0.2, 0.25) is 5.91 Å². The minimum atomic E-state index is -0.459. The van der Waals surface area contributed by atoms with Gasteiger partial charge in [-0.2, -0.15) is 5.10 Å². The summed E-state index contributed by atoms with van der Waals surface area (Å²) >= 11 is 0. The van der Waals surface area contributed by atoms with Crippen molar-refractivity contribution in [3.8, 4) is 5.69 Å². The SMILES string of the molecule is CCC(C(=O)N1CCC(Cc2n[nH]c(=O)n2-c2ccccc2F)CC1)c1ccccc1. The number of H-pyrrole nitrogens is 1. The molecule has 1 aliphatic rings. The van der Waals surface area contributed by atoms with E-state index >= 15 is 0 Å². The van der Waals surface area contributed by atoms with Gasteiger partial charge in [-0.1, -0.05) is 49.4 Å². The highest BCUT2D eigenvalue weighted by Gasteiger charge is 2.29. The number of rotatable bonds is 6. The molecular formula is C24H27FN4O2. The first-order valence-electron chi connectivity index (χ1n) is 10.8. The Morgan fingerprint density at radius 3 is 2.48 bits per heavy atom. The van der Waals surface area contributed by atoms with Crippen LogP contribution in [-0.2, 0) is 11.2 Å². The van der Waals surface area contributed by atoms with Crippen molar-refractivity contribution in [2.75, 3.05) is 13.1 Å². The van der Waals surface area contributed by atoms with Gasteiger partial charge in [0.1, 0.15) is 11.6 Å². The van der Waals surface area contributed by atoms with Crippen molar-refractivity contribution in [1.82, 2.24) is 19.7 Å². The first-order valence-corrected chi connectivity index (χ1v) is 10.8. The Bertz CT molecular complexity index is 1080. The van der Waals surface area contributed by atoms with Crippen LogP contribution in [0.4, 0.5) is 4.39 Å². The van der Waals surface area contributed by atoms with Crippen LogP contribution in [0.15, 0.2) is 59.4 Å². The number of para-hydroxylation sites is 1. The molecule has 1 atom stereocenters. The number of hydrogen-bond acceptors (Lipinski definition) is 3. The van der Waals surface area contributed by atoms with Crippen LogP contribution in [-0.4, -0.2) is 38.7 Å². The Morgan fingerprint density at radius 2 is 1.81 bits per heavy atom. The number of nitrogens with one attached hydrogen (secondary N) is 1. The lowest BCUT2D eigenvalue weighted by Gasteiger charge is -2.34. The summed E-state index contributed by atoms with van der Waals surface area (Å²) in [5.74, 6) is 0.405. The quantitative estimate of drug-likeness (QED) is 0.659. The third-order valence-electron chi connectivity index (χ3n) is 6.14. The predicted octanol–water partition coefficient (Wildman–Crippen LogP) is 3.67. The van der Waals surface area contributed by atoms with Crippen LogP contribution in [0.3, 0.4) is 0 Å². The van der Waals surface area contributed by atoms with Gasteiger partial charge in [0.25, 0.3) is 0 Å². The van der Waals surface area contributed by atoms with Gasteiger partial charge in [-0.05, 0) is 42.9 Å². The molecule has 0 radical (unpaired) electrons. The fourth-order valence-electron chi connectivity index (χ4n) is 4.42. The molecule has 1 amide bonds. The molecule has 1 N–H and O–H groups in total. The van der Waals surface area contributed by atoms with E-state index in [1.807, 2.05) is 42.2 Å². The predicted molar refractivity (Wildman–Crippen MR) is 117 cm³/mol. The summed E-state index contributed by atoms with van der Waals surface area (Å²) in [5, 5.41) is 6.59. The van der Waals surface area contributed by atoms with E-state index in [1.165, 1.54) is 10.6 Å². The average molecular weight is 423 g/mol. The summed E-state index contributed by atoms with van der Waals surface area (Å²) in [6.07, 6.45) is 2.99. The lowest BCUT2D eigenvalue weighted by molar-refractivity contribution is -0.134. The highest BCUT2D eigenvalue weighted by atomic mass is 19.1. The summed E-state index contributed by atoms with van der Waals surface area (Å²) in [7, 11) is 0. The Morgan fingerprint density at radius 1 is 1.13 bits per heavy atom. The van der Waals surface area contributed by atoms with E-state index in [4.69, 9.17) is 0 Å². The third kappa shape index (κ3) is 4.45. The zero-order chi connectivity index (χ0) is 21.8. The molecule has 162 valence electrons. The average Bonchev–Trinajstić information content (AvgIpc) is 3.15. The van der Waals surface area contributed by atoms with Gasteiger partial charge in [-0.15, -0.1) is 0 Å². The number of halogens is 1. The highest BCUT2D eigenvalue weighted by molar-refractivity contribution is 5.83.